The number of rotatable bonds is 3. The van der Waals surface area contributed by atoms with E-state index in [0.717, 1.165) is 5.56 Å². The number of benzene rings is 2. The van der Waals surface area contributed by atoms with Crippen molar-refractivity contribution in [2.24, 2.45) is 0 Å². The maximum Gasteiger partial charge on any atom is 0.348 e. The number of aryl methyl sites for hydroxylation is 2. The van der Waals surface area contributed by atoms with E-state index in [1.165, 1.54) is 10.6 Å². The Hall–Kier alpha value is -3.02. The molecule has 3 rings (SSSR count). The van der Waals surface area contributed by atoms with E-state index >= 15 is 0 Å². The molecule has 0 saturated carbocycles. The molecular formula is C19H23N3O3. The van der Waals surface area contributed by atoms with Crippen LogP contribution in [0.25, 0.3) is 17.1 Å². The third-order valence-electron chi connectivity index (χ3n) is 3.78. The molecule has 0 atom stereocenters. The summed E-state index contributed by atoms with van der Waals surface area (Å²) in [5, 5.41) is 26.4. The number of aromatic amines is 1. The molecule has 3 aromatic rings. The lowest BCUT2D eigenvalue weighted by Crippen LogP contribution is -2.15. The summed E-state index contributed by atoms with van der Waals surface area (Å²) in [4.78, 5) is 12.1. The van der Waals surface area contributed by atoms with Crippen molar-refractivity contribution in [1.82, 2.24) is 14.8 Å². The third-order valence-corrected chi connectivity index (χ3v) is 3.78. The molecule has 0 aliphatic carbocycles. The average Bonchev–Trinajstić information content (AvgIpc) is 2.99. The lowest BCUT2D eigenvalue weighted by Gasteiger charge is -2.10. The molecule has 1 heterocycles. The quantitative estimate of drug-likeness (QED) is 0.679. The topological polar surface area (TPSA) is 91.1 Å². The van der Waals surface area contributed by atoms with Crippen LogP contribution in [0.1, 0.15) is 31.9 Å². The van der Waals surface area contributed by atoms with Gasteiger partial charge >= 0.3 is 5.69 Å². The Morgan fingerprint density at radius 3 is 2.32 bits per heavy atom. The highest BCUT2D eigenvalue weighted by atomic mass is 16.3. The van der Waals surface area contributed by atoms with E-state index in [0.29, 0.717) is 29.1 Å². The molecule has 6 nitrogen and oxygen atoms in total. The Morgan fingerprint density at radius 2 is 1.72 bits per heavy atom. The van der Waals surface area contributed by atoms with Gasteiger partial charge in [-0.15, -0.1) is 0 Å². The first-order chi connectivity index (χ1) is 12.0. The van der Waals surface area contributed by atoms with E-state index in [2.05, 4.69) is 10.2 Å². The number of nitrogens with one attached hydrogen (secondary N) is 1. The molecule has 0 spiro atoms. The number of nitrogens with zero attached hydrogens (tertiary/aromatic N) is 2. The van der Waals surface area contributed by atoms with Gasteiger partial charge in [-0.3, -0.25) is 0 Å². The fourth-order valence-corrected chi connectivity index (χ4v) is 2.50. The monoisotopic (exact) mass is 341 g/mol. The zero-order chi connectivity index (χ0) is 18.6. The van der Waals surface area contributed by atoms with Gasteiger partial charge in [0.1, 0.15) is 11.5 Å². The van der Waals surface area contributed by atoms with Crippen LogP contribution >= 0.6 is 0 Å². The molecule has 0 bridgehead atoms. The Labute approximate surface area is 146 Å². The number of hydrogen-bond donors (Lipinski definition) is 3. The zero-order valence-corrected chi connectivity index (χ0v) is 14.9. The molecular weight excluding hydrogens is 318 g/mol. The van der Waals surface area contributed by atoms with Crippen molar-refractivity contribution in [2.75, 3.05) is 0 Å². The predicted molar refractivity (Wildman–Crippen MR) is 98.4 cm³/mol. The van der Waals surface area contributed by atoms with E-state index < -0.39 is 5.69 Å². The minimum absolute atomic E-state index is 0.0218. The molecule has 0 amide bonds. The van der Waals surface area contributed by atoms with Crippen LogP contribution < -0.4 is 5.69 Å². The summed E-state index contributed by atoms with van der Waals surface area (Å²) in [7, 11) is 0. The van der Waals surface area contributed by atoms with E-state index in [-0.39, 0.29) is 11.5 Å². The van der Waals surface area contributed by atoms with Gasteiger partial charge in [0.2, 0.25) is 0 Å². The van der Waals surface area contributed by atoms with Crippen molar-refractivity contribution in [3.63, 3.8) is 0 Å². The number of H-pyrrole nitrogens is 1. The first-order valence-electron chi connectivity index (χ1n) is 8.31. The van der Waals surface area contributed by atoms with Crippen LogP contribution in [0.5, 0.6) is 11.5 Å². The molecule has 1 aromatic heterocycles. The Balaban J connectivity index is 0.00000109. The van der Waals surface area contributed by atoms with E-state index in [9.17, 15) is 15.0 Å². The van der Waals surface area contributed by atoms with Crippen molar-refractivity contribution in [3.8, 4) is 28.6 Å². The number of phenols is 2. The van der Waals surface area contributed by atoms with Crippen molar-refractivity contribution < 1.29 is 10.2 Å². The molecule has 132 valence electrons. The zero-order valence-electron chi connectivity index (χ0n) is 14.9. The largest absolute Gasteiger partial charge is 0.508 e. The van der Waals surface area contributed by atoms with Crippen molar-refractivity contribution in [1.29, 1.82) is 0 Å². The van der Waals surface area contributed by atoms with Crippen LogP contribution in [-0.2, 0) is 6.42 Å². The standard InChI is InChI=1S/C17H17N3O3.C2H6/c1-3-11-8-13(15(22)9-14(11)21)16-18-19-17(23)20(16)12-6-4-10(2)5-7-12;1-2/h4-9,21-22H,3H2,1-2H3,(H,19,23);1-2H3. The normalized spacial score (nSPS) is 10.2. The molecule has 0 unspecified atom stereocenters. The summed E-state index contributed by atoms with van der Waals surface area (Å²) in [6.45, 7) is 7.86. The van der Waals surface area contributed by atoms with E-state index in [1.54, 1.807) is 6.07 Å². The van der Waals surface area contributed by atoms with E-state index in [1.807, 2.05) is 52.0 Å². The summed E-state index contributed by atoms with van der Waals surface area (Å²) in [5.74, 6) is 0.187. The maximum absolute atomic E-state index is 12.1. The fourth-order valence-electron chi connectivity index (χ4n) is 2.50. The average molecular weight is 341 g/mol. The number of hydrogen-bond acceptors (Lipinski definition) is 4. The number of phenolic OH excluding ortho intramolecular Hbond substituents is 2. The van der Waals surface area contributed by atoms with Gasteiger partial charge < -0.3 is 10.2 Å². The van der Waals surface area contributed by atoms with Gasteiger partial charge in [-0.2, -0.15) is 5.10 Å². The van der Waals surface area contributed by atoms with Crippen LogP contribution in [0.2, 0.25) is 0 Å². The molecule has 2 aromatic carbocycles. The molecule has 25 heavy (non-hydrogen) atoms. The lowest BCUT2D eigenvalue weighted by molar-refractivity contribution is 0.447. The Kier molecular flexibility index (Phi) is 5.64. The highest BCUT2D eigenvalue weighted by Crippen LogP contribution is 2.34. The summed E-state index contributed by atoms with van der Waals surface area (Å²) in [5.41, 5.74) is 2.39. The third kappa shape index (κ3) is 3.57. The van der Waals surface area contributed by atoms with Crippen LogP contribution in [0.4, 0.5) is 0 Å². The minimum Gasteiger partial charge on any atom is -0.508 e. The van der Waals surface area contributed by atoms with Gasteiger partial charge in [0.25, 0.3) is 0 Å². The van der Waals surface area contributed by atoms with Gasteiger partial charge in [0.05, 0.1) is 11.3 Å². The molecule has 3 N–H and O–H groups in total. The minimum atomic E-state index is -0.394. The van der Waals surface area contributed by atoms with Gasteiger partial charge in [-0.25, -0.2) is 14.5 Å². The van der Waals surface area contributed by atoms with Crippen molar-refractivity contribution in [3.05, 3.63) is 58.0 Å². The molecule has 0 aliphatic heterocycles. The molecule has 0 fully saturated rings. The lowest BCUT2D eigenvalue weighted by atomic mass is 10.1. The number of aromatic hydroxyl groups is 2. The molecule has 0 radical (unpaired) electrons. The first-order valence-corrected chi connectivity index (χ1v) is 8.31. The van der Waals surface area contributed by atoms with Gasteiger partial charge in [0.15, 0.2) is 5.82 Å². The summed E-state index contributed by atoms with van der Waals surface area (Å²) in [6.07, 6.45) is 0.596. The summed E-state index contributed by atoms with van der Waals surface area (Å²) in [6, 6.07) is 10.3. The smallest absolute Gasteiger partial charge is 0.348 e. The molecule has 0 aliphatic rings. The second kappa shape index (κ2) is 7.70. The van der Waals surface area contributed by atoms with Crippen LogP contribution in [0.3, 0.4) is 0 Å². The van der Waals surface area contributed by atoms with Crippen LogP contribution in [0.15, 0.2) is 41.2 Å². The Bertz CT molecular complexity index is 909. The summed E-state index contributed by atoms with van der Waals surface area (Å²) < 4.78 is 1.39. The second-order valence-electron chi connectivity index (χ2n) is 5.37. The first kappa shape index (κ1) is 18.3. The van der Waals surface area contributed by atoms with Crippen LogP contribution in [-0.4, -0.2) is 25.0 Å². The van der Waals surface area contributed by atoms with Gasteiger partial charge in [0, 0.05) is 6.07 Å². The highest BCUT2D eigenvalue weighted by Gasteiger charge is 2.17. The van der Waals surface area contributed by atoms with Crippen molar-refractivity contribution >= 4 is 0 Å². The maximum atomic E-state index is 12.1. The SMILES string of the molecule is CC.CCc1cc(-c2n[nH]c(=O)n2-c2ccc(C)cc2)c(O)cc1O. The van der Waals surface area contributed by atoms with E-state index in [4.69, 9.17) is 0 Å². The second-order valence-corrected chi connectivity index (χ2v) is 5.37. The fraction of sp³-hybridized carbons (Fsp3) is 0.263. The van der Waals surface area contributed by atoms with Crippen LogP contribution in [0, 0.1) is 6.92 Å². The van der Waals surface area contributed by atoms with Gasteiger partial charge in [-0.1, -0.05) is 38.5 Å². The van der Waals surface area contributed by atoms with Gasteiger partial charge in [-0.05, 0) is 37.1 Å². The highest BCUT2D eigenvalue weighted by molar-refractivity contribution is 5.68. The summed E-state index contributed by atoms with van der Waals surface area (Å²) >= 11 is 0. The Morgan fingerprint density at radius 1 is 1.08 bits per heavy atom. The van der Waals surface area contributed by atoms with Crippen molar-refractivity contribution in [2.45, 2.75) is 34.1 Å². The number of aromatic nitrogens is 3. The molecule has 6 heteroatoms. The molecule has 0 saturated heterocycles. The predicted octanol–water partition coefficient (Wildman–Crippen LogP) is 3.54.